The molecule has 8 heteroatoms. The first-order chi connectivity index (χ1) is 15.0. The van der Waals surface area contributed by atoms with E-state index >= 15 is 0 Å². The SMILES string of the molecule is C[C@@H]1CN([C@H](CNC(=O)C2=NO[C@@H](c3ccccc3)C2)c2c(F)cccc2Cl)CCO1. The number of carbonyl (C=O) groups excluding carboxylic acids is 1. The molecule has 0 spiro atoms. The van der Waals surface area contributed by atoms with Gasteiger partial charge in [-0.2, -0.15) is 0 Å². The summed E-state index contributed by atoms with van der Waals surface area (Å²) >= 11 is 6.35. The highest BCUT2D eigenvalue weighted by Crippen LogP contribution is 2.31. The minimum atomic E-state index is -0.420. The average Bonchev–Trinajstić information content (AvgIpc) is 3.27. The fraction of sp³-hybridized carbons (Fsp3) is 0.391. The molecule has 4 rings (SSSR count). The first-order valence-electron chi connectivity index (χ1n) is 10.4. The number of benzene rings is 2. The second kappa shape index (κ2) is 9.77. The van der Waals surface area contributed by atoms with Gasteiger partial charge in [-0.15, -0.1) is 0 Å². The monoisotopic (exact) mass is 445 g/mol. The molecule has 3 atom stereocenters. The van der Waals surface area contributed by atoms with Gasteiger partial charge in [0.1, 0.15) is 11.5 Å². The zero-order valence-electron chi connectivity index (χ0n) is 17.3. The number of ether oxygens (including phenoxy) is 1. The zero-order valence-corrected chi connectivity index (χ0v) is 18.0. The van der Waals surface area contributed by atoms with E-state index in [1.165, 1.54) is 6.07 Å². The van der Waals surface area contributed by atoms with Crippen molar-refractivity contribution in [1.82, 2.24) is 10.2 Å². The quantitative estimate of drug-likeness (QED) is 0.733. The topological polar surface area (TPSA) is 63.2 Å². The predicted molar refractivity (Wildman–Crippen MR) is 116 cm³/mol. The Labute approximate surface area is 186 Å². The highest BCUT2D eigenvalue weighted by molar-refractivity contribution is 6.39. The van der Waals surface area contributed by atoms with Gasteiger partial charge in [-0.1, -0.05) is 53.2 Å². The van der Waals surface area contributed by atoms with Crippen molar-refractivity contribution in [2.45, 2.75) is 31.6 Å². The summed E-state index contributed by atoms with van der Waals surface area (Å²) in [4.78, 5) is 20.3. The summed E-state index contributed by atoms with van der Waals surface area (Å²) in [6.45, 7) is 3.94. The van der Waals surface area contributed by atoms with Gasteiger partial charge in [0.25, 0.3) is 5.91 Å². The molecule has 0 aromatic heterocycles. The Kier molecular flexibility index (Phi) is 6.85. The number of carbonyl (C=O) groups is 1. The lowest BCUT2D eigenvalue weighted by Crippen LogP contribution is -2.47. The lowest BCUT2D eigenvalue weighted by Gasteiger charge is -2.38. The smallest absolute Gasteiger partial charge is 0.269 e. The van der Waals surface area contributed by atoms with Crippen molar-refractivity contribution >= 4 is 23.2 Å². The molecular weight excluding hydrogens is 421 g/mol. The van der Waals surface area contributed by atoms with Gasteiger partial charge in [0.15, 0.2) is 6.10 Å². The maximum Gasteiger partial charge on any atom is 0.269 e. The highest BCUT2D eigenvalue weighted by atomic mass is 35.5. The molecule has 1 amide bonds. The predicted octanol–water partition coefficient (Wildman–Crippen LogP) is 3.87. The van der Waals surface area contributed by atoms with Crippen LogP contribution in [0.4, 0.5) is 4.39 Å². The molecule has 0 aliphatic carbocycles. The minimum absolute atomic E-state index is 0.0109. The summed E-state index contributed by atoms with van der Waals surface area (Å²) in [5.74, 6) is -0.714. The number of rotatable bonds is 6. The molecule has 0 bridgehead atoms. The Balaban J connectivity index is 1.46. The van der Waals surface area contributed by atoms with Crippen LogP contribution in [0, 0.1) is 5.82 Å². The molecule has 0 radical (unpaired) electrons. The van der Waals surface area contributed by atoms with Crippen molar-refractivity contribution in [3.8, 4) is 0 Å². The molecule has 0 unspecified atom stereocenters. The molecule has 1 saturated heterocycles. The first kappa shape index (κ1) is 21.7. The summed E-state index contributed by atoms with van der Waals surface area (Å²) in [5, 5.41) is 7.22. The highest BCUT2D eigenvalue weighted by Gasteiger charge is 2.31. The Hall–Kier alpha value is -2.48. The van der Waals surface area contributed by atoms with E-state index in [0.717, 1.165) is 5.56 Å². The second-order valence-electron chi connectivity index (χ2n) is 7.78. The fourth-order valence-electron chi connectivity index (χ4n) is 4.02. The van der Waals surface area contributed by atoms with Crippen LogP contribution >= 0.6 is 11.6 Å². The van der Waals surface area contributed by atoms with Crippen LogP contribution in [0.15, 0.2) is 53.7 Å². The van der Waals surface area contributed by atoms with Crippen molar-refractivity contribution in [1.29, 1.82) is 0 Å². The van der Waals surface area contributed by atoms with E-state index in [0.29, 0.717) is 42.4 Å². The lowest BCUT2D eigenvalue weighted by molar-refractivity contribution is -0.115. The number of nitrogens with zero attached hydrogens (tertiary/aromatic N) is 2. The van der Waals surface area contributed by atoms with Gasteiger partial charge in [-0.05, 0) is 24.6 Å². The molecule has 31 heavy (non-hydrogen) atoms. The largest absolute Gasteiger partial charge is 0.387 e. The van der Waals surface area contributed by atoms with Gasteiger partial charge in [0, 0.05) is 36.6 Å². The van der Waals surface area contributed by atoms with Crippen LogP contribution in [0.25, 0.3) is 0 Å². The third-order valence-corrected chi connectivity index (χ3v) is 5.93. The molecule has 6 nitrogen and oxygen atoms in total. The fourth-order valence-corrected chi connectivity index (χ4v) is 4.31. The number of morpholine rings is 1. The van der Waals surface area contributed by atoms with E-state index in [4.69, 9.17) is 21.2 Å². The van der Waals surface area contributed by atoms with Crippen molar-refractivity contribution < 1.29 is 18.8 Å². The van der Waals surface area contributed by atoms with Gasteiger partial charge in [-0.25, -0.2) is 4.39 Å². The van der Waals surface area contributed by atoms with Crippen molar-refractivity contribution in [3.63, 3.8) is 0 Å². The van der Waals surface area contributed by atoms with E-state index in [1.54, 1.807) is 12.1 Å². The lowest BCUT2D eigenvalue weighted by atomic mass is 10.0. The van der Waals surface area contributed by atoms with Gasteiger partial charge in [-0.3, -0.25) is 9.69 Å². The van der Waals surface area contributed by atoms with Crippen LogP contribution in [0.2, 0.25) is 5.02 Å². The molecule has 1 fully saturated rings. The Bertz CT molecular complexity index is 936. The van der Waals surface area contributed by atoms with Gasteiger partial charge < -0.3 is 14.9 Å². The molecule has 1 N–H and O–H groups in total. The zero-order chi connectivity index (χ0) is 21.8. The van der Waals surface area contributed by atoms with Gasteiger partial charge in [0.05, 0.1) is 18.8 Å². The maximum absolute atomic E-state index is 14.7. The summed E-state index contributed by atoms with van der Waals surface area (Å²) in [5.41, 5.74) is 1.67. The Morgan fingerprint density at radius 3 is 2.84 bits per heavy atom. The normalized spacial score (nSPS) is 22.5. The van der Waals surface area contributed by atoms with Crippen LogP contribution in [0.3, 0.4) is 0 Å². The molecule has 2 aliphatic heterocycles. The number of hydrogen-bond acceptors (Lipinski definition) is 5. The third kappa shape index (κ3) is 5.06. The van der Waals surface area contributed by atoms with Crippen LogP contribution in [0.1, 0.15) is 36.6 Å². The standard InChI is InChI=1S/C23H25ClFN3O3/c1-15-14-28(10-11-30-15)20(22-17(24)8-5-9-18(22)25)13-26-23(29)19-12-21(31-27-19)16-6-3-2-4-7-16/h2-9,15,20-21H,10-14H2,1H3,(H,26,29)/t15-,20-,21-/m1/s1. The number of hydrogen-bond donors (Lipinski definition) is 1. The van der Waals surface area contributed by atoms with Crippen molar-refractivity contribution in [2.24, 2.45) is 5.16 Å². The molecule has 2 aromatic rings. The van der Waals surface area contributed by atoms with Crippen LogP contribution < -0.4 is 5.32 Å². The molecule has 2 heterocycles. The first-order valence-corrected chi connectivity index (χ1v) is 10.8. The van der Waals surface area contributed by atoms with E-state index in [1.807, 2.05) is 37.3 Å². The van der Waals surface area contributed by atoms with Crippen LogP contribution in [-0.2, 0) is 14.4 Å². The van der Waals surface area contributed by atoms with Crippen LogP contribution in [0.5, 0.6) is 0 Å². The number of halogens is 2. The third-order valence-electron chi connectivity index (χ3n) is 5.60. The molecule has 2 aliphatic rings. The molecular formula is C23H25ClFN3O3. The maximum atomic E-state index is 14.7. The minimum Gasteiger partial charge on any atom is -0.387 e. The number of amides is 1. The van der Waals surface area contributed by atoms with Gasteiger partial charge in [0.2, 0.25) is 0 Å². The molecule has 0 saturated carbocycles. The van der Waals surface area contributed by atoms with E-state index in [9.17, 15) is 9.18 Å². The average molecular weight is 446 g/mol. The summed E-state index contributed by atoms with van der Waals surface area (Å²) in [6.07, 6.45) is 0.117. The van der Waals surface area contributed by atoms with Crippen LogP contribution in [-0.4, -0.2) is 48.9 Å². The molecule has 164 valence electrons. The summed E-state index contributed by atoms with van der Waals surface area (Å²) in [6, 6.07) is 13.9. The van der Waals surface area contributed by atoms with E-state index in [-0.39, 0.29) is 24.7 Å². The van der Waals surface area contributed by atoms with Gasteiger partial charge >= 0.3 is 0 Å². The van der Waals surface area contributed by atoms with E-state index < -0.39 is 11.9 Å². The number of nitrogens with one attached hydrogen (secondary N) is 1. The van der Waals surface area contributed by atoms with Crippen molar-refractivity contribution in [2.75, 3.05) is 26.2 Å². The Morgan fingerprint density at radius 2 is 2.10 bits per heavy atom. The van der Waals surface area contributed by atoms with E-state index in [2.05, 4.69) is 15.4 Å². The molecule has 2 aromatic carbocycles. The Morgan fingerprint density at radius 1 is 1.29 bits per heavy atom. The summed E-state index contributed by atoms with van der Waals surface area (Å²) < 4.78 is 20.3. The van der Waals surface area contributed by atoms with Crippen molar-refractivity contribution in [3.05, 3.63) is 70.5 Å². The summed E-state index contributed by atoms with van der Waals surface area (Å²) in [7, 11) is 0. The second-order valence-corrected chi connectivity index (χ2v) is 8.19. The number of oxime groups is 1.